The highest BCUT2D eigenvalue weighted by atomic mass is 15.0. The quantitative estimate of drug-likeness (QED) is 0.181. The zero-order chi connectivity index (χ0) is 34.6. The Bertz CT molecular complexity index is 2980. The second-order valence-electron chi connectivity index (χ2n) is 13.3. The maximum Gasteiger partial charge on any atom is 0.0991 e. The van der Waals surface area contributed by atoms with Gasteiger partial charge in [0, 0.05) is 32.9 Å². The summed E-state index contributed by atoms with van der Waals surface area (Å²) in [5.41, 5.74) is 14.7. The molecule has 0 radical (unpaired) electrons. The first kappa shape index (κ1) is 29.7. The van der Waals surface area contributed by atoms with Crippen LogP contribution in [0.5, 0.6) is 0 Å². The summed E-state index contributed by atoms with van der Waals surface area (Å²) < 4.78 is 4.71. The molecule has 0 fully saturated rings. The van der Waals surface area contributed by atoms with Gasteiger partial charge in [-0.25, -0.2) is 0 Å². The number of hydrogen-bond donors (Lipinski definition) is 0. The van der Waals surface area contributed by atoms with Crippen LogP contribution in [0.15, 0.2) is 188 Å². The van der Waals surface area contributed by atoms with E-state index in [0.29, 0.717) is 5.56 Å². The SMILES string of the molecule is N#Cc1ccc(-c2ccc3c(c2)c2cc(-c4ccc(-c5ccc6c(c5)c5ccccc5n6-c5ccccc5)cc4)ccc2n3-c2ccccc2)cc1. The van der Waals surface area contributed by atoms with E-state index in [1.165, 1.54) is 66.0 Å². The molecule has 0 aliphatic heterocycles. The summed E-state index contributed by atoms with van der Waals surface area (Å²) in [6.45, 7) is 0. The van der Waals surface area contributed by atoms with E-state index in [1.807, 2.05) is 24.3 Å². The van der Waals surface area contributed by atoms with Crippen LogP contribution in [0.1, 0.15) is 5.56 Å². The number of nitrogens with zero attached hydrogens (tertiary/aromatic N) is 3. The molecule has 3 nitrogen and oxygen atoms in total. The predicted molar refractivity (Wildman–Crippen MR) is 216 cm³/mol. The van der Waals surface area contributed by atoms with E-state index in [4.69, 9.17) is 0 Å². The van der Waals surface area contributed by atoms with Gasteiger partial charge in [0.05, 0.1) is 33.7 Å². The highest BCUT2D eigenvalue weighted by Crippen LogP contribution is 2.39. The second-order valence-corrected chi connectivity index (χ2v) is 13.3. The molecule has 0 amide bonds. The Hall–Kier alpha value is -7.15. The Morgan fingerprint density at radius 3 is 1.10 bits per heavy atom. The summed E-state index contributed by atoms with van der Waals surface area (Å²) in [6, 6.07) is 69.2. The molecule has 0 saturated carbocycles. The van der Waals surface area contributed by atoms with Crippen LogP contribution >= 0.6 is 0 Å². The molecule has 2 heterocycles. The Labute approximate surface area is 301 Å². The van der Waals surface area contributed by atoms with Crippen LogP contribution in [0.3, 0.4) is 0 Å². The molecule has 0 bridgehead atoms. The Kier molecular flexibility index (Phi) is 6.87. The molecule has 10 aromatic rings. The first-order chi connectivity index (χ1) is 25.7. The molecule has 242 valence electrons. The van der Waals surface area contributed by atoms with Gasteiger partial charge >= 0.3 is 0 Å². The molecule has 0 atom stereocenters. The smallest absolute Gasteiger partial charge is 0.0991 e. The van der Waals surface area contributed by atoms with Crippen LogP contribution < -0.4 is 0 Å². The molecule has 0 N–H and O–H groups in total. The van der Waals surface area contributed by atoms with Crippen molar-refractivity contribution in [3.05, 3.63) is 194 Å². The average Bonchev–Trinajstić information content (AvgIpc) is 3.73. The monoisotopic (exact) mass is 661 g/mol. The van der Waals surface area contributed by atoms with Crippen LogP contribution in [-0.4, -0.2) is 9.13 Å². The predicted octanol–water partition coefficient (Wildman–Crippen LogP) is 12.8. The van der Waals surface area contributed by atoms with E-state index in [9.17, 15) is 5.26 Å². The normalized spacial score (nSPS) is 11.4. The van der Waals surface area contributed by atoms with Crippen molar-refractivity contribution in [2.24, 2.45) is 0 Å². The fourth-order valence-electron chi connectivity index (χ4n) is 7.84. The molecule has 52 heavy (non-hydrogen) atoms. The Balaban J connectivity index is 1.07. The summed E-state index contributed by atoms with van der Waals surface area (Å²) in [4.78, 5) is 0. The number of benzene rings is 8. The third-order valence-electron chi connectivity index (χ3n) is 10.4. The van der Waals surface area contributed by atoms with Crippen molar-refractivity contribution in [1.82, 2.24) is 9.13 Å². The van der Waals surface area contributed by atoms with Gasteiger partial charge in [0.2, 0.25) is 0 Å². The maximum absolute atomic E-state index is 9.32. The minimum absolute atomic E-state index is 0.664. The number of fused-ring (bicyclic) bond motifs is 6. The Morgan fingerprint density at radius 2 is 0.654 bits per heavy atom. The van der Waals surface area contributed by atoms with Crippen molar-refractivity contribution in [3.63, 3.8) is 0 Å². The van der Waals surface area contributed by atoms with Crippen molar-refractivity contribution in [1.29, 1.82) is 5.26 Å². The van der Waals surface area contributed by atoms with Gasteiger partial charge in [-0.1, -0.05) is 109 Å². The largest absolute Gasteiger partial charge is 0.309 e. The molecule has 0 aliphatic carbocycles. The molecule has 0 spiro atoms. The van der Waals surface area contributed by atoms with Crippen LogP contribution in [0.4, 0.5) is 0 Å². The minimum Gasteiger partial charge on any atom is -0.309 e. The van der Waals surface area contributed by atoms with Gasteiger partial charge in [-0.15, -0.1) is 0 Å². The molecule has 8 aromatic carbocycles. The van der Waals surface area contributed by atoms with E-state index in [1.54, 1.807) is 0 Å². The van der Waals surface area contributed by atoms with E-state index in [2.05, 4.69) is 179 Å². The number of para-hydroxylation sites is 3. The van der Waals surface area contributed by atoms with Crippen molar-refractivity contribution in [3.8, 4) is 50.8 Å². The fourth-order valence-corrected chi connectivity index (χ4v) is 7.84. The summed E-state index contributed by atoms with van der Waals surface area (Å²) in [7, 11) is 0. The van der Waals surface area contributed by atoms with E-state index in [0.717, 1.165) is 22.3 Å². The molecule has 3 heteroatoms. The fraction of sp³-hybridized carbons (Fsp3) is 0. The van der Waals surface area contributed by atoms with Gasteiger partial charge in [-0.05, 0) is 112 Å². The lowest BCUT2D eigenvalue weighted by atomic mass is 9.97. The summed E-state index contributed by atoms with van der Waals surface area (Å²) >= 11 is 0. The molecule has 2 aromatic heterocycles. The summed E-state index contributed by atoms with van der Waals surface area (Å²) in [5.74, 6) is 0. The van der Waals surface area contributed by atoms with E-state index < -0.39 is 0 Å². The zero-order valence-electron chi connectivity index (χ0n) is 28.2. The Morgan fingerprint density at radius 1 is 0.308 bits per heavy atom. The lowest BCUT2D eigenvalue weighted by Crippen LogP contribution is -1.93. The molecular formula is C49H31N3. The van der Waals surface area contributed by atoms with Crippen molar-refractivity contribution >= 4 is 43.6 Å². The van der Waals surface area contributed by atoms with Crippen LogP contribution in [0, 0.1) is 11.3 Å². The maximum atomic E-state index is 9.32. The van der Waals surface area contributed by atoms with E-state index >= 15 is 0 Å². The van der Waals surface area contributed by atoms with Crippen molar-refractivity contribution < 1.29 is 0 Å². The van der Waals surface area contributed by atoms with Crippen molar-refractivity contribution in [2.45, 2.75) is 0 Å². The summed E-state index contributed by atoms with van der Waals surface area (Å²) in [6.07, 6.45) is 0. The number of nitriles is 1. The topological polar surface area (TPSA) is 33.6 Å². The van der Waals surface area contributed by atoms with Gasteiger partial charge in [0.1, 0.15) is 0 Å². The number of aromatic nitrogens is 2. The second kappa shape index (κ2) is 12.0. The standard InChI is InChI=1S/C49H31N3/c50-32-33-15-17-34(18-16-33)38-24-27-48-44(30-38)45-31-39(25-28-49(45)52(48)41-11-5-2-6-12-41)36-21-19-35(20-22-36)37-23-26-47-43(29-37)42-13-7-8-14-46(42)51(47)40-9-3-1-4-10-40/h1-31H. The lowest BCUT2D eigenvalue weighted by molar-refractivity contribution is 1.18. The van der Waals surface area contributed by atoms with Gasteiger partial charge < -0.3 is 9.13 Å². The van der Waals surface area contributed by atoms with E-state index in [-0.39, 0.29) is 0 Å². The van der Waals surface area contributed by atoms with Gasteiger partial charge in [-0.2, -0.15) is 5.26 Å². The average molecular weight is 662 g/mol. The van der Waals surface area contributed by atoms with Crippen molar-refractivity contribution in [2.75, 3.05) is 0 Å². The highest BCUT2D eigenvalue weighted by Gasteiger charge is 2.16. The third-order valence-corrected chi connectivity index (χ3v) is 10.4. The van der Waals surface area contributed by atoms with Crippen LogP contribution in [-0.2, 0) is 0 Å². The molecule has 0 saturated heterocycles. The highest BCUT2D eigenvalue weighted by molar-refractivity contribution is 6.12. The first-order valence-corrected chi connectivity index (χ1v) is 17.6. The van der Waals surface area contributed by atoms with Gasteiger partial charge in [-0.3, -0.25) is 0 Å². The number of rotatable bonds is 5. The summed E-state index contributed by atoms with van der Waals surface area (Å²) in [5, 5.41) is 14.2. The molecular weight excluding hydrogens is 631 g/mol. The van der Waals surface area contributed by atoms with Crippen LogP contribution in [0.25, 0.3) is 88.4 Å². The molecule has 10 rings (SSSR count). The molecule has 0 unspecified atom stereocenters. The van der Waals surface area contributed by atoms with Gasteiger partial charge in [0.15, 0.2) is 0 Å². The lowest BCUT2D eigenvalue weighted by Gasteiger charge is -2.09. The zero-order valence-corrected chi connectivity index (χ0v) is 28.2. The third kappa shape index (κ3) is 4.81. The van der Waals surface area contributed by atoms with Crippen LogP contribution in [0.2, 0.25) is 0 Å². The first-order valence-electron chi connectivity index (χ1n) is 17.6. The van der Waals surface area contributed by atoms with Gasteiger partial charge in [0.25, 0.3) is 0 Å². The number of hydrogen-bond acceptors (Lipinski definition) is 1. The molecule has 0 aliphatic rings. The minimum atomic E-state index is 0.664.